The van der Waals surface area contributed by atoms with E-state index in [9.17, 15) is 18.1 Å². The van der Waals surface area contributed by atoms with Gasteiger partial charge in [0, 0.05) is 10.9 Å². The standard InChI is InChI=1S/C12H10O4S/c1-2-9-11(13)7-8-5-3-4-6-10(8)12(9)17(14,15)16/h2-7,13H,1H2,(H,14,15,16). The molecule has 0 spiro atoms. The summed E-state index contributed by atoms with van der Waals surface area (Å²) in [6, 6.07) is 8.01. The van der Waals surface area contributed by atoms with Gasteiger partial charge in [0.1, 0.15) is 10.6 Å². The fourth-order valence-corrected chi connectivity index (χ4v) is 2.72. The van der Waals surface area contributed by atoms with Crippen LogP contribution < -0.4 is 0 Å². The van der Waals surface area contributed by atoms with Crippen LogP contribution in [-0.2, 0) is 10.1 Å². The maximum atomic E-state index is 11.4. The molecule has 0 aliphatic rings. The molecule has 0 aliphatic carbocycles. The van der Waals surface area contributed by atoms with Crippen molar-refractivity contribution in [1.82, 2.24) is 0 Å². The minimum Gasteiger partial charge on any atom is -0.507 e. The normalized spacial score (nSPS) is 11.6. The summed E-state index contributed by atoms with van der Waals surface area (Å²) in [5.41, 5.74) is 0.00574. The molecule has 0 atom stereocenters. The third-order valence-corrected chi connectivity index (χ3v) is 3.44. The summed E-state index contributed by atoms with van der Waals surface area (Å²) in [6.45, 7) is 3.44. The average molecular weight is 250 g/mol. The van der Waals surface area contributed by atoms with Crippen LogP contribution in [0.5, 0.6) is 5.75 Å². The zero-order chi connectivity index (χ0) is 12.6. The Labute approximate surface area is 98.6 Å². The minimum absolute atomic E-state index is 0.00574. The zero-order valence-corrected chi connectivity index (χ0v) is 9.61. The van der Waals surface area contributed by atoms with Gasteiger partial charge in [0.25, 0.3) is 10.1 Å². The largest absolute Gasteiger partial charge is 0.507 e. The molecule has 0 radical (unpaired) electrons. The van der Waals surface area contributed by atoms with Crippen LogP contribution in [0, 0.1) is 0 Å². The molecule has 0 aromatic heterocycles. The molecule has 0 heterocycles. The monoisotopic (exact) mass is 250 g/mol. The van der Waals surface area contributed by atoms with E-state index in [1.807, 2.05) is 0 Å². The molecule has 0 bridgehead atoms. The van der Waals surface area contributed by atoms with Gasteiger partial charge in [-0.2, -0.15) is 8.42 Å². The van der Waals surface area contributed by atoms with Crippen molar-refractivity contribution in [3.8, 4) is 5.75 Å². The Morgan fingerprint density at radius 2 is 1.88 bits per heavy atom. The number of hydrogen-bond acceptors (Lipinski definition) is 3. The van der Waals surface area contributed by atoms with Crippen molar-refractivity contribution in [1.29, 1.82) is 0 Å². The number of phenols is 1. The van der Waals surface area contributed by atoms with E-state index in [1.54, 1.807) is 24.3 Å². The number of rotatable bonds is 2. The van der Waals surface area contributed by atoms with Crippen LogP contribution in [0.15, 0.2) is 41.8 Å². The molecule has 17 heavy (non-hydrogen) atoms. The van der Waals surface area contributed by atoms with Gasteiger partial charge in [-0.15, -0.1) is 0 Å². The highest BCUT2D eigenvalue weighted by Gasteiger charge is 2.20. The molecule has 2 rings (SSSR count). The van der Waals surface area contributed by atoms with Gasteiger partial charge < -0.3 is 5.11 Å². The van der Waals surface area contributed by atoms with E-state index < -0.39 is 10.1 Å². The van der Waals surface area contributed by atoms with Crippen LogP contribution >= 0.6 is 0 Å². The van der Waals surface area contributed by atoms with Gasteiger partial charge in [0.05, 0.1) is 0 Å². The average Bonchev–Trinajstić information content (AvgIpc) is 2.25. The van der Waals surface area contributed by atoms with E-state index in [2.05, 4.69) is 6.58 Å². The summed E-state index contributed by atoms with van der Waals surface area (Å²) in [5.74, 6) is -0.230. The molecular weight excluding hydrogens is 240 g/mol. The van der Waals surface area contributed by atoms with Crippen molar-refractivity contribution in [2.45, 2.75) is 4.90 Å². The highest BCUT2D eigenvalue weighted by molar-refractivity contribution is 7.86. The van der Waals surface area contributed by atoms with Crippen LogP contribution in [0.2, 0.25) is 0 Å². The topological polar surface area (TPSA) is 74.6 Å². The Kier molecular flexibility index (Phi) is 2.65. The summed E-state index contributed by atoms with van der Waals surface area (Å²) in [7, 11) is -4.43. The van der Waals surface area contributed by atoms with Crippen LogP contribution in [0.4, 0.5) is 0 Å². The highest BCUT2D eigenvalue weighted by atomic mass is 32.2. The summed E-state index contributed by atoms with van der Waals surface area (Å²) < 4.78 is 32.0. The zero-order valence-electron chi connectivity index (χ0n) is 8.79. The van der Waals surface area contributed by atoms with Crippen molar-refractivity contribution < 1.29 is 18.1 Å². The van der Waals surface area contributed by atoms with Crippen molar-refractivity contribution >= 4 is 27.0 Å². The summed E-state index contributed by atoms with van der Waals surface area (Å²) in [4.78, 5) is -0.317. The summed E-state index contributed by atoms with van der Waals surface area (Å²) >= 11 is 0. The lowest BCUT2D eigenvalue weighted by Gasteiger charge is -2.09. The van der Waals surface area contributed by atoms with E-state index >= 15 is 0 Å². The molecule has 2 aromatic rings. The molecule has 0 saturated carbocycles. The smallest absolute Gasteiger partial charge is 0.295 e. The van der Waals surface area contributed by atoms with Crippen molar-refractivity contribution in [3.05, 3.63) is 42.5 Å². The fraction of sp³-hybridized carbons (Fsp3) is 0. The van der Waals surface area contributed by atoms with E-state index in [-0.39, 0.29) is 16.2 Å². The Balaban J connectivity index is 3.08. The number of benzene rings is 2. The second-order valence-electron chi connectivity index (χ2n) is 3.54. The van der Waals surface area contributed by atoms with Gasteiger partial charge in [-0.3, -0.25) is 4.55 Å². The van der Waals surface area contributed by atoms with Gasteiger partial charge in [0.15, 0.2) is 0 Å². The first-order valence-corrected chi connectivity index (χ1v) is 6.24. The predicted molar refractivity (Wildman–Crippen MR) is 65.5 cm³/mol. The minimum atomic E-state index is -4.43. The van der Waals surface area contributed by atoms with Crippen molar-refractivity contribution in [2.75, 3.05) is 0 Å². The number of aromatic hydroxyl groups is 1. The summed E-state index contributed by atoms with van der Waals surface area (Å²) in [5, 5.41) is 10.6. The first-order chi connectivity index (χ1) is 7.95. The third kappa shape index (κ3) is 1.90. The highest BCUT2D eigenvalue weighted by Crippen LogP contribution is 2.34. The molecule has 0 unspecified atom stereocenters. The predicted octanol–water partition coefficient (Wildman–Crippen LogP) is 2.44. The first kappa shape index (κ1) is 11.6. The lowest BCUT2D eigenvalue weighted by Crippen LogP contribution is -2.02. The van der Waals surface area contributed by atoms with Crippen LogP contribution in [0.25, 0.3) is 16.8 Å². The number of phenolic OH excluding ortho intramolecular Hbond substituents is 1. The fourth-order valence-electron chi connectivity index (χ4n) is 1.79. The van der Waals surface area contributed by atoms with Gasteiger partial charge in [-0.1, -0.05) is 36.9 Å². The van der Waals surface area contributed by atoms with Crippen LogP contribution in [0.1, 0.15) is 5.56 Å². The summed E-state index contributed by atoms with van der Waals surface area (Å²) in [6.07, 6.45) is 1.20. The molecule has 5 heteroatoms. The van der Waals surface area contributed by atoms with E-state index in [0.29, 0.717) is 10.8 Å². The van der Waals surface area contributed by atoms with E-state index in [4.69, 9.17) is 0 Å². The second-order valence-corrected chi connectivity index (χ2v) is 4.90. The first-order valence-electron chi connectivity index (χ1n) is 4.80. The van der Waals surface area contributed by atoms with Crippen molar-refractivity contribution in [3.63, 3.8) is 0 Å². The molecule has 0 fully saturated rings. The molecule has 4 nitrogen and oxygen atoms in total. The van der Waals surface area contributed by atoms with E-state index in [0.717, 1.165) is 0 Å². The maximum absolute atomic E-state index is 11.4. The molecule has 2 N–H and O–H groups in total. The maximum Gasteiger partial charge on any atom is 0.295 e. The SMILES string of the molecule is C=Cc1c(O)cc2ccccc2c1S(=O)(=O)O. The molecule has 0 saturated heterocycles. The lowest BCUT2D eigenvalue weighted by atomic mass is 10.1. The Morgan fingerprint density at radius 1 is 1.24 bits per heavy atom. The molecular formula is C12H10O4S. The van der Waals surface area contributed by atoms with Gasteiger partial charge >= 0.3 is 0 Å². The van der Waals surface area contributed by atoms with Gasteiger partial charge in [-0.05, 0) is 11.5 Å². The number of hydrogen-bond donors (Lipinski definition) is 2. The van der Waals surface area contributed by atoms with Gasteiger partial charge in [0.2, 0.25) is 0 Å². The Morgan fingerprint density at radius 3 is 2.47 bits per heavy atom. The number of fused-ring (bicyclic) bond motifs is 1. The van der Waals surface area contributed by atoms with Gasteiger partial charge in [-0.25, -0.2) is 0 Å². The molecule has 0 aliphatic heterocycles. The molecule has 0 amide bonds. The third-order valence-electron chi connectivity index (χ3n) is 2.48. The molecule has 88 valence electrons. The van der Waals surface area contributed by atoms with Crippen LogP contribution in [-0.4, -0.2) is 18.1 Å². The lowest BCUT2D eigenvalue weighted by molar-refractivity contribution is 0.466. The molecule has 2 aromatic carbocycles. The quantitative estimate of drug-likeness (QED) is 0.803. The van der Waals surface area contributed by atoms with Crippen LogP contribution in [0.3, 0.4) is 0 Å². The van der Waals surface area contributed by atoms with Crippen molar-refractivity contribution in [2.24, 2.45) is 0 Å². The Bertz CT molecular complexity index is 702. The second kappa shape index (κ2) is 3.87. The van der Waals surface area contributed by atoms with E-state index in [1.165, 1.54) is 12.1 Å². The Hall–Kier alpha value is -1.85.